The maximum Gasteiger partial charge on any atom is 0.264 e. The molecule has 9 heteroatoms. The number of carbonyl (C=O) groups is 2. The average molecular weight is 540 g/mol. The number of anilines is 1. The van der Waals surface area contributed by atoms with Crippen LogP contribution in [0.1, 0.15) is 37.0 Å². The first-order valence-electron chi connectivity index (χ1n) is 12.5. The summed E-state index contributed by atoms with van der Waals surface area (Å²) in [6.45, 7) is 7.14. The first kappa shape index (κ1) is 28.8. The molecule has 0 aliphatic rings. The number of halogens is 1. The number of rotatable bonds is 11. The zero-order valence-electron chi connectivity index (χ0n) is 22.1. The van der Waals surface area contributed by atoms with Crippen molar-refractivity contribution < 1.29 is 22.4 Å². The summed E-state index contributed by atoms with van der Waals surface area (Å²) in [5.41, 5.74) is 2.64. The third-order valence-corrected chi connectivity index (χ3v) is 8.01. The van der Waals surface area contributed by atoms with Crippen LogP contribution in [0.2, 0.25) is 0 Å². The summed E-state index contributed by atoms with van der Waals surface area (Å²) in [7, 11) is -4.12. The first-order chi connectivity index (χ1) is 18.1. The summed E-state index contributed by atoms with van der Waals surface area (Å²) < 4.78 is 42.3. The van der Waals surface area contributed by atoms with E-state index >= 15 is 0 Å². The van der Waals surface area contributed by atoms with Crippen LogP contribution in [0.15, 0.2) is 77.7 Å². The topological polar surface area (TPSA) is 86.8 Å². The second-order valence-corrected chi connectivity index (χ2v) is 10.9. The second-order valence-electron chi connectivity index (χ2n) is 9.08. The molecule has 3 rings (SSSR count). The molecule has 0 spiro atoms. The maximum absolute atomic E-state index is 13.9. The number of benzene rings is 3. The van der Waals surface area contributed by atoms with Gasteiger partial charge in [0.25, 0.3) is 10.0 Å². The molecule has 0 aromatic heterocycles. The van der Waals surface area contributed by atoms with Crippen molar-refractivity contribution in [3.05, 3.63) is 95.3 Å². The van der Waals surface area contributed by atoms with Gasteiger partial charge in [0.15, 0.2) is 0 Å². The van der Waals surface area contributed by atoms with E-state index in [-0.39, 0.29) is 17.3 Å². The molecule has 0 saturated carbocycles. The second kappa shape index (κ2) is 12.7. The largest absolute Gasteiger partial charge is 0.355 e. The molecule has 0 heterocycles. The van der Waals surface area contributed by atoms with Gasteiger partial charge in [-0.3, -0.25) is 13.9 Å². The molecule has 0 radical (unpaired) electrons. The Balaban J connectivity index is 2.08. The molecule has 202 valence electrons. The SMILES string of the molecule is CCNC(=O)[C@H](CC)N(Cc1ccc(F)cc1)C(=O)CN(c1ccc(C)cc1C)S(=O)(=O)c1ccccc1. The highest BCUT2D eigenvalue weighted by Crippen LogP contribution is 2.28. The Hall–Kier alpha value is -3.72. The normalized spacial score (nSPS) is 12.0. The summed E-state index contributed by atoms with van der Waals surface area (Å²) in [5.74, 6) is -1.31. The minimum absolute atomic E-state index is 0.0147. The Kier molecular flexibility index (Phi) is 9.63. The van der Waals surface area contributed by atoms with Gasteiger partial charge in [-0.2, -0.15) is 0 Å². The van der Waals surface area contributed by atoms with E-state index in [0.717, 1.165) is 9.87 Å². The lowest BCUT2D eigenvalue weighted by atomic mass is 10.1. The van der Waals surface area contributed by atoms with Gasteiger partial charge >= 0.3 is 0 Å². The summed E-state index contributed by atoms with van der Waals surface area (Å²) in [5, 5.41) is 2.76. The van der Waals surface area contributed by atoms with Gasteiger partial charge in [0.2, 0.25) is 11.8 Å². The third-order valence-electron chi connectivity index (χ3n) is 6.23. The molecule has 0 fully saturated rings. The fraction of sp³-hybridized carbons (Fsp3) is 0.310. The molecule has 7 nitrogen and oxygen atoms in total. The molecule has 38 heavy (non-hydrogen) atoms. The average Bonchev–Trinajstić information content (AvgIpc) is 2.89. The van der Waals surface area contributed by atoms with Gasteiger partial charge in [-0.15, -0.1) is 0 Å². The summed E-state index contributed by atoms with van der Waals surface area (Å²) in [6, 6.07) is 18.1. The van der Waals surface area contributed by atoms with E-state index in [9.17, 15) is 22.4 Å². The highest BCUT2D eigenvalue weighted by atomic mass is 32.2. The molecule has 2 amide bonds. The smallest absolute Gasteiger partial charge is 0.264 e. The van der Waals surface area contributed by atoms with Gasteiger partial charge in [-0.25, -0.2) is 12.8 Å². The van der Waals surface area contributed by atoms with Gasteiger partial charge in [0, 0.05) is 13.1 Å². The van der Waals surface area contributed by atoms with E-state index in [1.807, 2.05) is 13.0 Å². The van der Waals surface area contributed by atoms with Gasteiger partial charge < -0.3 is 10.2 Å². The molecule has 0 aliphatic heterocycles. The summed E-state index contributed by atoms with van der Waals surface area (Å²) in [6.07, 6.45) is 0.313. The standard InChI is InChI=1S/C29H34FN3O4S/c1-5-26(29(35)31-6-2)32(19-23-13-15-24(30)16-14-23)28(34)20-33(27-17-12-21(3)18-22(27)4)38(36,37)25-10-8-7-9-11-25/h7-18,26H,5-6,19-20H2,1-4H3,(H,31,35)/t26-/m0/s1. The van der Waals surface area contributed by atoms with Crippen molar-refractivity contribution in [2.24, 2.45) is 0 Å². The van der Waals surface area contributed by atoms with E-state index in [2.05, 4.69) is 5.32 Å². The van der Waals surface area contributed by atoms with Gasteiger partial charge in [-0.1, -0.05) is 55.0 Å². The third kappa shape index (κ3) is 6.77. The number of aryl methyl sites for hydroxylation is 2. The van der Waals surface area contributed by atoms with E-state index in [0.29, 0.717) is 29.8 Å². The van der Waals surface area contributed by atoms with Crippen LogP contribution < -0.4 is 9.62 Å². The van der Waals surface area contributed by atoms with Crippen LogP contribution >= 0.6 is 0 Å². The van der Waals surface area contributed by atoms with Crippen LogP contribution in [0.25, 0.3) is 0 Å². The molecule has 0 saturated heterocycles. The Labute approximate surface area is 224 Å². The van der Waals surface area contributed by atoms with E-state index in [1.54, 1.807) is 63.2 Å². The molecule has 0 aliphatic carbocycles. The molecular formula is C29H34FN3O4S. The van der Waals surface area contributed by atoms with Gasteiger partial charge in [0.1, 0.15) is 18.4 Å². The van der Waals surface area contributed by atoms with Crippen LogP contribution in [0, 0.1) is 19.7 Å². The van der Waals surface area contributed by atoms with Crippen molar-refractivity contribution in [1.29, 1.82) is 0 Å². The Bertz CT molecular complexity index is 1360. The first-order valence-corrected chi connectivity index (χ1v) is 14.0. The lowest BCUT2D eigenvalue weighted by Gasteiger charge is -2.33. The zero-order valence-corrected chi connectivity index (χ0v) is 23.0. The van der Waals surface area contributed by atoms with Gasteiger partial charge in [-0.05, 0) is 68.7 Å². The number of sulfonamides is 1. The van der Waals surface area contributed by atoms with Crippen molar-refractivity contribution >= 4 is 27.5 Å². The molecule has 3 aromatic carbocycles. The molecule has 1 N–H and O–H groups in total. The van der Waals surface area contributed by atoms with Crippen molar-refractivity contribution in [3.8, 4) is 0 Å². The molecule has 3 aromatic rings. The van der Waals surface area contributed by atoms with Crippen molar-refractivity contribution in [1.82, 2.24) is 10.2 Å². The fourth-order valence-electron chi connectivity index (χ4n) is 4.32. The number of hydrogen-bond acceptors (Lipinski definition) is 4. The van der Waals surface area contributed by atoms with E-state index in [1.165, 1.54) is 29.2 Å². The quantitative estimate of drug-likeness (QED) is 0.387. The van der Waals surface area contributed by atoms with E-state index < -0.39 is 34.3 Å². The van der Waals surface area contributed by atoms with Crippen molar-refractivity contribution in [2.45, 2.75) is 51.6 Å². The molecule has 0 bridgehead atoms. The number of nitrogens with one attached hydrogen (secondary N) is 1. The minimum atomic E-state index is -4.12. The van der Waals surface area contributed by atoms with Gasteiger partial charge in [0.05, 0.1) is 10.6 Å². The van der Waals surface area contributed by atoms with Crippen LogP contribution in [0.5, 0.6) is 0 Å². The fourth-order valence-corrected chi connectivity index (χ4v) is 5.82. The number of likely N-dealkylation sites (N-methyl/N-ethyl adjacent to an activating group) is 1. The molecular weight excluding hydrogens is 505 g/mol. The summed E-state index contributed by atoms with van der Waals surface area (Å²) in [4.78, 5) is 28.3. The monoisotopic (exact) mass is 539 g/mol. The lowest BCUT2D eigenvalue weighted by molar-refractivity contribution is -0.140. The van der Waals surface area contributed by atoms with Crippen LogP contribution in [0.3, 0.4) is 0 Å². The number of hydrogen-bond donors (Lipinski definition) is 1. The maximum atomic E-state index is 13.9. The van der Waals surface area contributed by atoms with Crippen molar-refractivity contribution in [2.75, 3.05) is 17.4 Å². The van der Waals surface area contributed by atoms with Crippen LogP contribution in [0.4, 0.5) is 10.1 Å². The number of nitrogens with zero attached hydrogens (tertiary/aromatic N) is 2. The number of carbonyl (C=O) groups excluding carboxylic acids is 2. The minimum Gasteiger partial charge on any atom is -0.355 e. The van der Waals surface area contributed by atoms with Crippen LogP contribution in [-0.2, 0) is 26.2 Å². The lowest BCUT2D eigenvalue weighted by Crippen LogP contribution is -2.52. The van der Waals surface area contributed by atoms with Crippen LogP contribution in [-0.4, -0.2) is 44.3 Å². The highest BCUT2D eigenvalue weighted by Gasteiger charge is 2.34. The zero-order chi connectivity index (χ0) is 27.9. The van der Waals surface area contributed by atoms with E-state index in [4.69, 9.17) is 0 Å². The summed E-state index contributed by atoms with van der Waals surface area (Å²) >= 11 is 0. The molecule has 1 atom stereocenters. The molecule has 0 unspecified atom stereocenters. The number of amides is 2. The Morgan fingerprint density at radius 1 is 0.947 bits per heavy atom. The highest BCUT2D eigenvalue weighted by molar-refractivity contribution is 7.92. The Morgan fingerprint density at radius 3 is 2.18 bits per heavy atom. The van der Waals surface area contributed by atoms with Crippen molar-refractivity contribution in [3.63, 3.8) is 0 Å². The Morgan fingerprint density at radius 2 is 1.61 bits per heavy atom. The predicted molar refractivity (Wildman–Crippen MR) is 147 cm³/mol. The predicted octanol–water partition coefficient (Wildman–Crippen LogP) is 4.58.